The van der Waals surface area contributed by atoms with Crippen molar-refractivity contribution < 1.29 is 28.6 Å². The second-order valence-electron chi connectivity index (χ2n) is 23.4. The highest BCUT2D eigenvalue weighted by molar-refractivity contribution is 5.69. The molecule has 0 heterocycles. The molecule has 3 amide bonds. The molecule has 0 aromatic carbocycles. The van der Waals surface area contributed by atoms with E-state index in [0.29, 0.717) is 43.7 Å². The maximum Gasteiger partial charge on any atom is 0.410 e. The third-order valence-corrected chi connectivity index (χ3v) is 14.7. The molecular formula is C49H87N3O6. The third-order valence-electron chi connectivity index (χ3n) is 14.7. The fourth-order valence-electron chi connectivity index (χ4n) is 11.7. The van der Waals surface area contributed by atoms with Crippen molar-refractivity contribution in [3.05, 3.63) is 11.6 Å². The molecule has 3 saturated carbocycles. The number of nitrogens with one attached hydrogen (secondary N) is 2. The zero-order chi connectivity index (χ0) is 43.5. The molecule has 58 heavy (non-hydrogen) atoms. The van der Waals surface area contributed by atoms with Crippen LogP contribution in [0.3, 0.4) is 0 Å². The first-order chi connectivity index (χ1) is 26.6. The summed E-state index contributed by atoms with van der Waals surface area (Å²) in [6.07, 6.45) is 16.5. The lowest BCUT2D eigenvalue weighted by molar-refractivity contribution is -0.0594. The van der Waals surface area contributed by atoms with Crippen molar-refractivity contribution in [3.63, 3.8) is 0 Å². The monoisotopic (exact) mass is 814 g/mol. The first kappa shape index (κ1) is 48.2. The minimum Gasteiger partial charge on any atom is -0.446 e. The predicted octanol–water partition coefficient (Wildman–Crippen LogP) is 12.6. The van der Waals surface area contributed by atoms with Gasteiger partial charge in [-0.2, -0.15) is 0 Å². The van der Waals surface area contributed by atoms with Crippen LogP contribution < -0.4 is 10.6 Å². The minimum atomic E-state index is -0.615. The van der Waals surface area contributed by atoms with E-state index in [9.17, 15) is 14.4 Å². The molecule has 2 N–H and O–H groups in total. The maximum atomic E-state index is 14.1. The number of nitrogens with zero attached hydrogens (tertiary/aromatic N) is 1. The van der Waals surface area contributed by atoms with Crippen LogP contribution in [0.4, 0.5) is 14.4 Å². The summed E-state index contributed by atoms with van der Waals surface area (Å²) in [7, 11) is 0. The van der Waals surface area contributed by atoms with Gasteiger partial charge in [0.1, 0.15) is 17.3 Å². The molecule has 9 nitrogen and oxygen atoms in total. The molecule has 0 aliphatic heterocycles. The van der Waals surface area contributed by atoms with Crippen molar-refractivity contribution >= 4 is 18.3 Å². The molecule has 3 fully saturated rings. The summed E-state index contributed by atoms with van der Waals surface area (Å²) < 4.78 is 17.4. The molecule has 9 heteroatoms. The van der Waals surface area contributed by atoms with Gasteiger partial charge in [0, 0.05) is 30.6 Å². The van der Waals surface area contributed by atoms with Crippen molar-refractivity contribution in [1.82, 2.24) is 15.5 Å². The van der Waals surface area contributed by atoms with Crippen LogP contribution >= 0.6 is 0 Å². The summed E-state index contributed by atoms with van der Waals surface area (Å²) in [5.41, 5.74) is -0.181. The van der Waals surface area contributed by atoms with Crippen molar-refractivity contribution in [3.8, 4) is 0 Å². The molecule has 4 rings (SSSR count). The van der Waals surface area contributed by atoms with Gasteiger partial charge in [0.25, 0.3) is 0 Å². The lowest BCUT2D eigenvalue weighted by Gasteiger charge is -2.58. The van der Waals surface area contributed by atoms with Gasteiger partial charge in [0.2, 0.25) is 0 Å². The molecule has 8 atom stereocenters. The third kappa shape index (κ3) is 13.0. The first-order valence-corrected chi connectivity index (χ1v) is 23.3. The molecular weight excluding hydrogens is 727 g/mol. The van der Waals surface area contributed by atoms with E-state index in [1.807, 2.05) is 69.2 Å². The van der Waals surface area contributed by atoms with Gasteiger partial charge in [0.05, 0.1) is 0 Å². The number of allylic oxidation sites excluding steroid dienone is 1. The number of alkyl carbamates (subject to hydrolysis) is 2. The molecule has 4 aliphatic carbocycles. The van der Waals surface area contributed by atoms with Gasteiger partial charge in [-0.25, -0.2) is 14.4 Å². The van der Waals surface area contributed by atoms with E-state index < -0.39 is 34.5 Å². The lowest BCUT2D eigenvalue weighted by Crippen LogP contribution is -2.51. The summed E-state index contributed by atoms with van der Waals surface area (Å²) in [5.74, 6) is 4.76. The second-order valence-corrected chi connectivity index (χ2v) is 23.4. The van der Waals surface area contributed by atoms with E-state index in [4.69, 9.17) is 14.2 Å². The summed E-state index contributed by atoms with van der Waals surface area (Å²) >= 11 is 0. The number of rotatable bonds is 15. The number of carbonyl (C=O) groups excluding carboxylic acids is 3. The highest BCUT2D eigenvalue weighted by Gasteiger charge is 2.59. The van der Waals surface area contributed by atoms with Crippen molar-refractivity contribution in [2.45, 2.75) is 222 Å². The topological polar surface area (TPSA) is 106 Å². The molecule has 334 valence electrons. The van der Waals surface area contributed by atoms with Gasteiger partial charge in [-0.15, -0.1) is 0 Å². The fraction of sp³-hybridized carbons (Fsp3) is 0.898. The standard InChI is InChI=1S/C49H87N3O6/c1-33(2)18-16-19-34(3)38-22-23-39-37-21-20-35-32-36(24-27-48(35,14)40(37)25-28-49(38,39)15)56-43(55)52(31-29-47(12,13)51-42(54)58-45(7,8)9)30-17-26-46(10,11)50-41(53)57-44(4,5)6/h20,33-34,36-40H,16-19,21-32H2,1-15H3,(H,50,53)(H,51,54). The second kappa shape index (κ2) is 18.7. The zero-order valence-corrected chi connectivity index (χ0v) is 39.8. The van der Waals surface area contributed by atoms with Crippen LogP contribution in [0.15, 0.2) is 11.6 Å². The van der Waals surface area contributed by atoms with Gasteiger partial charge < -0.3 is 29.7 Å². The Morgan fingerprint density at radius 2 is 1.36 bits per heavy atom. The van der Waals surface area contributed by atoms with E-state index in [-0.39, 0.29) is 17.6 Å². The van der Waals surface area contributed by atoms with E-state index in [2.05, 4.69) is 51.3 Å². The largest absolute Gasteiger partial charge is 0.446 e. The van der Waals surface area contributed by atoms with E-state index >= 15 is 0 Å². The van der Waals surface area contributed by atoms with Crippen molar-refractivity contribution in [1.29, 1.82) is 0 Å². The van der Waals surface area contributed by atoms with Gasteiger partial charge in [-0.3, -0.25) is 0 Å². The number of hydrogen-bond acceptors (Lipinski definition) is 6. The van der Waals surface area contributed by atoms with Crippen molar-refractivity contribution in [2.75, 3.05) is 13.1 Å². The normalized spacial score (nSPS) is 29.3. The molecule has 8 unspecified atom stereocenters. The molecule has 0 bridgehead atoms. The van der Waals surface area contributed by atoms with E-state index in [0.717, 1.165) is 48.9 Å². The molecule has 0 aromatic rings. The molecule has 0 spiro atoms. The Balaban J connectivity index is 1.41. The Kier molecular flexibility index (Phi) is 15.5. The number of carbonyl (C=O) groups is 3. The Labute approximate surface area is 354 Å². The van der Waals surface area contributed by atoms with Crippen LogP contribution in [0.25, 0.3) is 0 Å². The molecule has 0 saturated heterocycles. The van der Waals surface area contributed by atoms with Crippen molar-refractivity contribution in [2.24, 2.45) is 46.3 Å². The Bertz CT molecular complexity index is 1440. The Morgan fingerprint density at radius 1 is 0.759 bits per heavy atom. The highest BCUT2D eigenvalue weighted by atomic mass is 16.6. The van der Waals surface area contributed by atoms with Gasteiger partial charge >= 0.3 is 18.3 Å². The number of hydrogen-bond donors (Lipinski definition) is 2. The van der Waals surface area contributed by atoms with Crippen LogP contribution in [0.5, 0.6) is 0 Å². The molecule has 4 aliphatic rings. The van der Waals surface area contributed by atoms with Crippen LogP contribution in [0, 0.1) is 46.3 Å². The number of ether oxygens (including phenoxy) is 3. The van der Waals surface area contributed by atoms with Crippen LogP contribution in [-0.2, 0) is 14.2 Å². The highest BCUT2D eigenvalue weighted by Crippen LogP contribution is 2.67. The Hall–Kier alpha value is -2.45. The average molecular weight is 814 g/mol. The minimum absolute atomic E-state index is 0.152. The van der Waals surface area contributed by atoms with Crippen LogP contribution in [-0.4, -0.2) is 64.7 Å². The summed E-state index contributed by atoms with van der Waals surface area (Å²) in [6.45, 7) is 32.3. The quantitative estimate of drug-likeness (QED) is 0.126. The van der Waals surface area contributed by atoms with Crippen LogP contribution in [0.2, 0.25) is 0 Å². The van der Waals surface area contributed by atoms with Crippen LogP contribution in [0.1, 0.15) is 194 Å². The number of amides is 3. The smallest absolute Gasteiger partial charge is 0.410 e. The fourth-order valence-corrected chi connectivity index (χ4v) is 11.7. The van der Waals surface area contributed by atoms with Gasteiger partial charge in [-0.05, 0) is 180 Å². The number of fused-ring (bicyclic) bond motifs is 5. The zero-order valence-electron chi connectivity index (χ0n) is 39.8. The van der Waals surface area contributed by atoms with E-state index in [1.54, 1.807) is 4.90 Å². The van der Waals surface area contributed by atoms with Gasteiger partial charge in [-0.1, -0.05) is 65.5 Å². The lowest BCUT2D eigenvalue weighted by atomic mass is 9.47. The maximum absolute atomic E-state index is 14.1. The van der Waals surface area contributed by atoms with E-state index in [1.165, 1.54) is 56.9 Å². The SMILES string of the molecule is CC(C)CCCC(C)C1CCC2C3CC=C4CC(OC(=O)N(CCCC(C)(C)NC(=O)OC(C)(C)C)CCC(C)(C)NC(=O)OC(C)(C)C)CCC4(C)C3CCC12C. The summed E-state index contributed by atoms with van der Waals surface area (Å²) in [6, 6.07) is 0. The summed E-state index contributed by atoms with van der Waals surface area (Å²) in [4.78, 5) is 41.2. The summed E-state index contributed by atoms with van der Waals surface area (Å²) in [5, 5.41) is 5.99. The predicted molar refractivity (Wildman–Crippen MR) is 236 cm³/mol. The first-order valence-electron chi connectivity index (χ1n) is 23.3. The van der Waals surface area contributed by atoms with Gasteiger partial charge in [0.15, 0.2) is 0 Å². The Morgan fingerprint density at radius 3 is 1.95 bits per heavy atom. The molecule has 0 aromatic heterocycles. The molecule has 0 radical (unpaired) electrons. The average Bonchev–Trinajstić information content (AvgIpc) is 3.41.